The Morgan fingerprint density at radius 2 is 2.20 bits per heavy atom. The maximum Gasteiger partial charge on any atom is 0.130 e. The van der Waals surface area contributed by atoms with Gasteiger partial charge in [0.05, 0.1) is 18.6 Å². The molecule has 1 aliphatic carbocycles. The summed E-state index contributed by atoms with van der Waals surface area (Å²) in [5.41, 5.74) is 4.96. The van der Waals surface area contributed by atoms with Crippen molar-refractivity contribution >= 4 is 5.84 Å². The zero-order chi connectivity index (χ0) is 17.4. The summed E-state index contributed by atoms with van der Waals surface area (Å²) in [4.78, 5) is 9.30. The normalized spacial score (nSPS) is 22.4. The summed E-state index contributed by atoms with van der Waals surface area (Å²) in [6.07, 6.45) is 7.85. The first kappa shape index (κ1) is 16.1. The summed E-state index contributed by atoms with van der Waals surface area (Å²) in [6.45, 7) is 8.51. The van der Waals surface area contributed by atoms with Crippen LogP contribution in [-0.4, -0.2) is 23.9 Å². The quantitative estimate of drug-likeness (QED) is 0.901. The molecule has 2 aliphatic heterocycles. The highest BCUT2D eigenvalue weighted by Crippen LogP contribution is 2.53. The largest absolute Gasteiger partial charge is 0.464 e. The number of hydrogen-bond acceptors (Lipinski definition) is 4. The Kier molecular flexibility index (Phi) is 3.98. The molecule has 130 valence electrons. The van der Waals surface area contributed by atoms with E-state index in [9.17, 15) is 0 Å². The van der Waals surface area contributed by atoms with Crippen molar-refractivity contribution in [2.24, 2.45) is 10.4 Å². The van der Waals surface area contributed by atoms with E-state index in [-0.39, 0.29) is 11.3 Å². The van der Waals surface area contributed by atoms with Gasteiger partial charge in [-0.3, -0.25) is 9.98 Å². The highest BCUT2D eigenvalue weighted by molar-refractivity contribution is 5.84. The Labute approximate surface area is 149 Å². The first-order valence-electron chi connectivity index (χ1n) is 9.02. The molecule has 1 atom stereocenters. The average molecular weight is 335 g/mol. The van der Waals surface area contributed by atoms with Crippen LogP contribution in [0.4, 0.5) is 0 Å². The van der Waals surface area contributed by atoms with Crippen LogP contribution in [0, 0.1) is 5.41 Å². The number of aromatic nitrogens is 1. The standard InChI is InChI=1S/C21H25N3O/c1-14-10-15-12-21(2,3)19(20(15)25-13-14)16(11-18-23-8-9-24-18)17-6-4-5-7-22-17/h4-7,10,13,16H,8-9,11-12H2,1-3H3,(H,23,24). The molecule has 0 saturated carbocycles. The van der Waals surface area contributed by atoms with Crippen molar-refractivity contribution in [3.8, 4) is 0 Å². The Hall–Kier alpha value is -2.36. The summed E-state index contributed by atoms with van der Waals surface area (Å²) in [6, 6.07) is 6.16. The van der Waals surface area contributed by atoms with Crippen molar-refractivity contribution < 1.29 is 4.74 Å². The van der Waals surface area contributed by atoms with Crippen molar-refractivity contribution in [2.75, 3.05) is 13.1 Å². The van der Waals surface area contributed by atoms with Crippen LogP contribution in [0.2, 0.25) is 0 Å². The first-order chi connectivity index (χ1) is 12.0. The van der Waals surface area contributed by atoms with Gasteiger partial charge in [0.1, 0.15) is 5.76 Å². The van der Waals surface area contributed by atoms with Gasteiger partial charge in [0, 0.05) is 30.8 Å². The van der Waals surface area contributed by atoms with Crippen LogP contribution in [-0.2, 0) is 4.74 Å². The second-order valence-electron chi connectivity index (χ2n) is 7.72. The predicted molar refractivity (Wildman–Crippen MR) is 100 cm³/mol. The van der Waals surface area contributed by atoms with Crippen molar-refractivity contribution in [1.29, 1.82) is 0 Å². The minimum Gasteiger partial charge on any atom is -0.464 e. The number of hydrogen-bond donors (Lipinski definition) is 1. The van der Waals surface area contributed by atoms with Crippen LogP contribution in [0.5, 0.6) is 0 Å². The Bertz CT molecular complexity index is 800. The molecule has 0 spiro atoms. The highest BCUT2D eigenvalue weighted by atomic mass is 16.5. The number of aliphatic imine (C=N–C) groups is 1. The molecular weight excluding hydrogens is 310 g/mol. The van der Waals surface area contributed by atoms with Crippen LogP contribution in [0.25, 0.3) is 0 Å². The smallest absolute Gasteiger partial charge is 0.130 e. The van der Waals surface area contributed by atoms with Crippen molar-refractivity contribution in [3.63, 3.8) is 0 Å². The minimum atomic E-state index is 0.0426. The fourth-order valence-corrected chi connectivity index (χ4v) is 4.19. The van der Waals surface area contributed by atoms with Gasteiger partial charge in [-0.15, -0.1) is 0 Å². The van der Waals surface area contributed by atoms with Crippen LogP contribution in [0.15, 0.2) is 64.2 Å². The van der Waals surface area contributed by atoms with Gasteiger partial charge in [0.25, 0.3) is 0 Å². The first-order valence-corrected chi connectivity index (χ1v) is 9.02. The summed E-state index contributed by atoms with van der Waals surface area (Å²) in [5, 5.41) is 3.42. The van der Waals surface area contributed by atoms with Crippen molar-refractivity contribution in [1.82, 2.24) is 10.3 Å². The number of pyridine rings is 1. The lowest BCUT2D eigenvalue weighted by Crippen LogP contribution is -2.25. The molecule has 0 bridgehead atoms. The van der Waals surface area contributed by atoms with E-state index in [0.717, 1.165) is 43.2 Å². The van der Waals surface area contributed by atoms with E-state index in [1.807, 2.05) is 18.5 Å². The Morgan fingerprint density at radius 3 is 2.92 bits per heavy atom. The Morgan fingerprint density at radius 1 is 1.32 bits per heavy atom. The second kappa shape index (κ2) is 6.17. The molecule has 1 aromatic heterocycles. The summed E-state index contributed by atoms with van der Waals surface area (Å²) in [5.74, 6) is 2.30. The maximum atomic E-state index is 6.09. The van der Waals surface area contributed by atoms with E-state index in [4.69, 9.17) is 4.74 Å². The molecule has 25 heavy (non-hydrogen) atoms. The molecule has 4 heteroatoms. The fraction of sp³-hybridized carbons (Fsp3) is 0.429. The molecule has 1 unspecified atom stereocenters. The SMILES string of the molecule is CC1=COC2=C(C(CC3=NCCN3)c3ccccn3)C(C)(C)CC2=C1. The number of nitrogens with one attached hydrogen (secondary N) is 1. The van der Waals surface area contributed by atoms with E-state index in [1.54, 1.807) is 0 Å². The molecule has 4 rings (SSSR count). The lowest BCUT2D eigenvalue weighted by Gasteiger charge is -2.29. The monoisotopic (exact) mass is 335 g/mol. The summed E-state index contributed by atoms with van der Waals surface area (Å²) >= 11 is 0. The van der Waals surface area contributed by atoms with Gasteiger partial charge in [-0.05, 0) is 53.7 Å². The summed E-state index contributed by atoms with van der Waals surface area (Å²) < 4.78 is 6.09. The number of ether oxygens (including phenoxy) is 1. The molecule has 1 aromatic rings. The third kappa shape index (κ3) is 3.01. The van der Waals surface area contributed by atoms with Gasteiger partial charge >= 0.3 is 0 Å². The average Bonchev–Trinajstić information content (AvgIpc) is 3.17. The van der Waals surface area contributed by atoms with Gasteiger partial charge in [-0.25, -0.2) is 0 Å². The van der Waals surface area contributed by atoms with E-state index in [0.29, 0.717) is 0 Å². The minimum absolute atomic E-state index is 0.0426. The molecule has 4 nitrogen and oxygen atoms in total. The van der Waals surface area contributed by atoms with Gasteiger partial charge < -0.3 is 10.1 Å². The number of nitrogens with zero attached hydrogens (tertiary/aromatic N) is 2. The fourth-order valence-electron chi connectivity index (χ4n) is 4.19. The molecular formula is C21H25N3O. The van der Waals surface area contributed by atoms with Crippen LogP contribution in [0.1, 0.15) is 45.2 Å². The lowest BCUT2D eigenvalue weighted by atomic mass is 9.76. The maximum absolute atomic E-state index is 6.09. The van der Waals surface area contributed by atoms with Crippen LogP contribution >= 0.6 is 0 Å². The van der Waals surface area contributed by atoms with Crippen LogP contribution < -0.4 is 5.32 Å². The summed E-state index contributed by atoms with van der Waals surface area (Å²) in [7, 11) is 0. The molecule has 3 aliphatic rings. The number of allylic oxidation sites excluding steroid dienone is 4. The van der Waals surface area contributed by atoms with Crippen LogP contribution in [0.3, 0.4) is 0 Å². The van der Waals surface area contributed by atoms with Gasteiger partial charge in [0.15, 0.2) is 0 Å². The molecule has 3 heterocycles. The second-order valence-corrected chi connectivity index (χ2v) is 7.72. The molecule has 1 N–H and O–H groups in total. The topological polar surface area (TPSA) is 46.5 Å². The number of fused-ring (bicyclic) bond motifs is 1. The zero-order valence-electron chi connectivity index (χ0n) is 15.2. The molecule has 0 aromatic carbocycles. The lowest BCUT2D eigenvalue weighted by molar-refractivity contribution is 0.343. The number of amidine groups is 1. The third-order valence-electron chi connectivity index (χ3n) is 5.20. The predicted octanol–water partition coefficient (Wildman–Crippen LogP) is 4.10. The van der Waals surface area contributed by atoms with Gasteiger partial charge in [-0.2, -0.15) is 0 Å². The molecule has 0 fully saturated rings. The molecule has 0 amide bonds. The third-order valence-corrected chi connectivity index (χ3v) is 5.20. The van der Waals surface area contributed by atoms with E-state index >= 15 is 0 Å². The van der Waals surface area contributed by atoms with E-state index in [2.05, 4.69) is 54.3 Å². The van der Waals surface area contributed by atoms with Crippen molar-refractivity contribution in [2.45, 2.75) is 39.5 Å². The zero-order valence-corrected chi connectivity index (χ0v) is 15.2. The van der Waals surface area contributed by atoms with E-state index < -0.39 is 0 Å². The highest BCUT2D eigenvalue weighted by Gasteiger charge is 2.43. The molecule has 0 saturated heterocycles. The van der Waals surface area contributed by atoms with Gasteiger partial charge in [0.2, 0.25) is 0 Å². The molecule has 0 radical (unpaired) electrons. The Balaban J connectivity index is 1.80. The number of rotatable bonds is 4. The van der Waals surface area contributed by atoms with E-state index in [1.165, 1.54) is 16.7 Å². The van der Waals surface area contributed by atoms with Gasteiger partial charge in [-0.1, -0.05) is 19.9 Å². The van der Waals surface area contributed by atoms with Crippen molar-refractivity contribution in [3.05, 3.63) is 64.9 Å².